The van der Waals surface area contributed by atoms with E-state index in [1.165, 1.54) is 10.9 Å². The van der Waals surface area contributed by atoms with Gasteiger partial charge in [-0.25, -0.2) is 4.39 Å². The molecule has 0 unspecified atom stereocenters. The molecule has 2 rings (SSSR count). The zero-order valence-corrected chi connectivity index (χ0v) is 11.3. The first-order valence-corrected chi connectivity index (χ1v) is 5.89. The first-order valence-electron chi connectivity index (χ1n) is 5.13. The highest BCUT2D eigenvalue weighted by molar-refractivity contribution is 6.40. The molecule has 8 heteroatoms. The molecule has 1 amide bonds. The maximum Gasteiger partial charge on any atom is 0.261 e. The van der Waals surface area contributed by atoms with Crippen LogP contribution in [0.3, 0.4) is 0 Å². The van der Waals surface area contributed by atoms with Crippen LogP contribution in [0.4, 0.5) is 15.9 Å². The fourth-order valence-electron chi connectivity index (χ4n) is 1.46. The second kappa shape index (κ2) is 5.07. The number of rotatable bonds is 2. The third-order valence-electron chi connectivity index (χ3n) is 2.47. The predicted molar refractivity (Wildman–Crippen MR) is 72.0 cm³/mol. The van der Waals surface area contributed by atoms with Gasteiger partial charge in [-0.2, -0.15) is 5.10 Å². The van der Waals surface area contributed by atoms with Crippen molar-refractivity contribution >= 4 is 40.6 Å². The third-order valence-corrected chi connectivity index (χ3v) is 3.07. The van der Waals surface area contributed by atoms with Crippen LogP contribution in [0.25, 0.3) is 0 Å². The fourth-order valence-corrected chi connectivity index (χ4v) is 2.02. The summed E-state index contributed by atoms with van der Waals surface area (Å²) in [6, 6.07) is 2.10. The number of carbonyl (C=O) groups is 1. The maximum absolute atomic E-state index is 13.0. The molecule has 0 aliphatic rings. The van der Waals surface area contributed by atoms with Gasteiger partial charge in [-0.15, -0.1) is 0 Å². The number of halogens is 3. The first kappa shape index (κ1) is 13.6. The fraction of sp³-hybridized carbons (Fsp3) is 0.0909. The summed E-state index contributed by atoms with van der Waals surface area (Å²) in [7, 11) is 1.60. The number of benzene rings is 1. The van der Waals surface area contributed by atoms with Crippen LogP contribution in [0.2, 0.25) is 10.0 Å². The molecule has 0 bridgehead atoms. The van der Waals surface area contributed by atoms with Crippen LogP contribution in [0, 0.1) is 5.82 Å². The lowest BCUT2D eigenvalue weighted by atomic mass is 10.2. The highest BCUT2D eigenvalue weighted by Gasteiger charge is 2.17. The molecule has 5 nitrogen and oxygen atoms in total. The van der Waals surface area contributed by atoms with Gasteiger partial charge in [0.05, 0.1) is 21.9 Å². The summed E-state index contributed by atoms with van der Waals surface area (Å²) in [6.07, 6.45) is 1.32. The van der Waals surface area contributed by atoms with Gasteiger partial charge in [-0.3, -0.25) is 9.48 Å². The summed E-state index contributed by atoms with van der Waals surface area (Å²) in [5.41, 5.74) is 5.97. The average molecular weight is 303 g/mol. The van der Waals surface area contributed by atoms with E-state index in [0.29, 0.717) is 0 Å². The number of nitrogen functional groups attached to an aromatic ring is 1. The Morgan fingerprint density at radius 3 is 2.47 bits per heavy atom. The Hall–Kier alpha value is -1.79. The van der Waals surface area contributed by atoms with Crippen LogP contribution < -0.4 is 11.1 Å². The van der Waals surface area contributed by atoms with E-state index in [9.17, 15) is 9.18 Å². The normalized spacial score (nSPS) is 10.5. The summed E-state index contributed by atoms with van der Waals surface area (Å²) in [5, 5.41) is 6.32. The van der Waals surface area contributed by atoms with Gasteiger partial charge < -0.3 is 11.1 Å². The minimum Gasteiger partial charge on any atom is -0.383 e. The molecule has 1 aromatic carbocycles. The van der Waals surface area contributed by atoms with Crippen molar-refractivity contribution in [2.75, 3.05) is 11.1 Å². The molecular weight excluding hydrogens is 294 g/mol. The number of aryl methyl sites for hydroxylation is 1. The molecule has 0 atom stereocenters. The number of hydrogen-bond acceptors (Lipinski definition) is 3. The monoisotopic (exact) mass is 302 g/mol. The van der Waals surface area contributed by atoms with Gasteiger partial charge in [0.15, 0.2) is 0 Å². The molecule has 0 aliphatic heterocycles. The SMILES string of the molecule is Cn1ncc(C(=O)Nc2c(Cl)cc(F)cc2Cl)c1N. The van der Waals surface area contributed by atoms with Gasteiger partial charge in [0, 0.05) is 7.05 Å². The molecule has 0 aliphatic carbocycles. The molecule has 3 N–H and O–H groups in total. The highest BCUT2D eigenvalue weighted by atomic mass is 35.5. The Morgan fingerprint density at radius 2 is 2.00 bits per heavy atom. The molecule has 1 heterocycles. The summed E-state index contributed by atoms with van der Waals surface area (Å²) in [6.45, 7) is 0. The summed E-state index contributed by atoms with van der Waals surface area (Å²) in [5.74, 6) is -0.915. The predicted octanol–water partition coefficient (Wildman–Crippen LogP) is 2.70. The van der Waals surface area contributed by atoms with Crippen molar-refractivity contribution in [3.63, 3.8) is 0 Å². The van der Waals surface area contributed by atoms with E-state index in [1.54, 1.807) is 7.05 Å². The zero-order chi connectivity index (χ0) is 14.2. The Morgan fingerprint density at radius 1 is 1.42 bits per heavy atom. The molecule has 2 aromatic rings. The van der Waals surface area contributed by atoms with E-state index >= 15 is 0 Å². The van der Waals surface area contributed by atoms with Gasteiger partial charge in [0.1, 0.15) is 17.2 Å². The topological polar surface area (TPSA) is 72.9 Å². The number of nitrogens with one attached hydrogen (secondary N) is 1. The number of aromatic nitrogens is 2. The van der Waals surface area contributed by atoms with Crippen LogP contribution in [0.1, 0.15) is 10.4 Å². The molecule has 0 saturated heterocycles. The van der Waals surface area contributed by atoms with Crippen LogP contribution in [0.15, 0.2) is 18.3 Å². The van der Waals surface area contributed by atoms with Crippen molar-refractivity contribution in [2.45, 2.75) is 0 Å². The first-order chi connectivity index (χ1) is 8.90. The summed E-state index contributed by atoms with van der Waals surface area (Å²) < 4.78 is 14.4. The van der Waals surface area contributed by atoms with Gasteiger partial charge >= 0.3 is 0 Å². The lowest BCUT2D eigenvalue weighted by Crippen LogP contribution is -2.14. The van der Waals surface area contributed by atoms with Crippen molar-refractivity contribution in [1.82, 2.24) is 9.78 Å². The van der Waals surface area contributed by atoms with Crippen LogP contribution in [-0.2, 0) is 7.05 Å². The second-order valence-electron chi connectivity index (χ2n) is 3.77. The minimum absolute atomic E-state index is 0.000752. The van der Waals surface area contributed by atoms with E-state index in [1.807, 2.05) is 0 Å². The number of amides is 1. The van der Waals surface area contributed by atoms with Crippen LogP contribution >= 0.6 is 23.2 Å². The molecule has 0 spiro atoms. The quantitative estimate of drug-likeness (QED) is 0.896. The van der Waals surface area contributed by atoms with E-state index in [0.717, 1.165) is 12.1 Å². The Balaban J connectivity index is 2.32. The van der Waals surface area contributed by atoms with E-state index in [4.69, 9.17) is 28.9 Å². The number of anilines is 2. The Kier molecular flexibility index (Phi) is 3.64. The lowest BCUT2D eigenvalue weighted by Gasteiger charge is -2.09. The molecule has 0 fully saturated rings. The Labute approximate surface area is 118 Å². The van der Waals surface area contributed by atoms with Gasteiger partial charge in [0.2, 0.25) is 0 Å². The van der Waals surface area contributed by atoms with Crippen LogP contribution in [0.5, 0.6) is 0 Å². The largest absolute Gasteiger partial charge is 0.383 e. The number of carbonyl (C=O) groups excluding carboxylic acids is 1. The maximum atomic E-state index is 13.0. The van der Waals surface area contributed by atoms with E-state index in [-0.39, 0.29) is 27.1 Å². The number of nitrogens with zero attached hydrogens (tertiary/aromatic N) is 2. The summed E-state index contributed by atoms with van der Waals surface area (Å²) >= 11 is 11.6. The van der Waals surface area contributed by atoms with Crippen molar-refractivity contribution < 1.29 is 9.18 Å². The Bertz CT molecular complexity index is 633. The molecule has 19 heavy (non-hydrogen) atoms. The molecule has 1 aromatic heterocycles. The molecule has 0 radical (unpaired) electrons. The van der Waals surface area contributed by atoms with Crippen molar-refractivity contribution in [1.29, 1.82) is 0 Å². The van der Waals surface area contributed by atoms with Crippen LogP contribution in [-0.4, -0.2) is 15.7 Å². The summed E-state index contributed by atoms with van der Waals surface area (Å²) in [4.78, 5) is 12.0. The highest BCUT2D eigenvalue weighted by Crippen LogP contribution is 2.31. The minimum atomic E-state index is -0.589. The average Bonchev–Trinajstić information content (AvgIpc) is 2.64. The molecular formula is C11H9Cl2FN4O. The van der Waals surface area contributed by atoms with Crippen molar-refractivity contribution in [3.8, 4) is 0 Å². The second-order valence-corrected chi connectivity index (χ2v) is 4.58. The van der Waals surface area contributed by atoms with E-state index in [2.05, 4.69) is 10.4 Å². The zero-order valence-electron chi connectivity index (χ0n) is 9.75. The number of hydrogen-bond donors (Lipinski definition) is 2. The third kappa shape index (κ3) is 2.64. The smallest absolute Gasteiger partial charge is 0.261 e. The van der Waals surface area contributed by atoms with E-state index < -0.39 is 11.7 Å². The molecule has 0 saturated carbocycles. The van der Waals surface area contributed by atoms with Gasteiger partial charge in [-0.05, 0) is 12.1 Å². The molecule has 100 valence electrons. The standard InChI is InChI=1S/C11H9Cl2FN4O/c1-18-10(15)6(4-16-18)11(19)17-9-7(12)2-5(14)3-8(9)13/h2-4H,15H2,1H3,(H,17,19). The van der Waals surface area contributed by atoms with Gasteiger partial charge in [0.25, 0.3) is 5.91 Å². The van der Waals surface area contributed by atoms with Gasteiger partial charge in [-0.1, -0.05) is 23.2 Å². The van der Waals surface area contributed by atoms with Crippen molar-refractivity contribution in [3.05, 3.63) is 39.8 Å². The number of nitrogens with two attached hydrogens (primary N) is 1. The lowest BCUT2D eigenvalue weighted by molar-refractivity contribution is 0.102. The van der Waals surface area contributed by atoms with Crippen molar-refractivity contribution in [2.24, 2.45) is 7.05 Å².